The predicted molar refractivity (Wildman–Crippen MR) is 98.1 cm³/mol. The highest BCUT2D eigenvalue weighted by molar-refractivity contribution is 7.00. The van der Waals surface area contributed by atoms with Crippen LogP contribution in [0.4, 0.5) is 5.69 Å². The summed E-state index contributed by atoms with van der Waals surface area (Å²) in [6.45, 7) is 1.17. The first-order chi connectivity index (χ1) is 12.1. The third-order valence-electron chi connectivity index (χ3n) is 4.59. The number of benzene rings is 2. The summed E-state index contributed by atoms with van der Waals surface area (Å²) in [5, 5.41) is 13.2. The van der Waals surface area contributed by atoms with Gasteiger partial charge in [-0.15, -0.1) is 0 Å². The number of hydrogen-bond acceptors (Lipinski definition) is 6. The lowest BCUT2D eigenvalue weighted by atomic mass is 10.0. The predicted octanol–water partition coefficient (Wildman–Crippen LogP) is 2.15. The average molecular weight is 354 g/mol. The largest absolute Gasteiger partial charge is 0.387 e. The minimum absolute atomic E-state index is 0.167. The molecule has 0 saturated carbocycles. The Morgan fingerprint density at radius 3 is 3.00 bits per heavy atom. The number of carbonyl (C=O) groups is 1. The van der Waals surface area contributed by atoms with Crippen LogP contribution in [0.25, 0.3) is 11.0 Å². The highest BCUT2D eigenvalue weighted by Gasteiger charge is 2.18. The van der Waals surface area contributed by atoms with Gasteiger partial charge in [0.25, 0.3) is 5.91 Å². The van der Waals surface area contributed by atoms with Gasteiger partial charge in [-0.3, -0.25) is 4.79 Å². The molecule has 4 rings (SSSR count). The number of aliphatic hydroxyl groups is 1. The first kappa shape index (κ1) is 16.0. The number of nitrogens with one attached hydrogen (secondary N) is 1. The summed E-state index contributed by atoms with van der Waals surface area (Å²) in [5.41, 5.74) is 5.29. The van der Waals surface area contributed by atoms with Gasteiger partial charge in [0.1, 0.15) is 11.0 Å². The van der Waals surface area contributed by atoms with E-state index in [0.717, 1.165) is 35.8 Å². The van der Waals surface area contributed by atoms with Gasteiger partial charge in [0.05, 0.1) is 17.8 Å². The first-order valence-electron chi connectivity index (χ1n) is 8.14. The van der Waals surface area contributed by atoms with Gasteiger partial charge in [-0.1, -0.05) is 12.1 Å². The third kappa shape index (κ3) is 3.08. The Balaban J connectivity index is 1.42. The van der Waals surface area contributed by atoms with Crippen molar-refractivity contribution in [3.8, 4) is 0 Å². The number of rotatable bonds is 4. The maximum Gasteiger partial charge on any atom is 0.251 e. The number of anilines is 1. The molecule has 1 aliphatic heterocycles. The molecule has 1 aromatic heterocycles. The summed E-state index contributed by atoms with van der Waals surface area (Å²) in [6.07, 6.45) is 0.255. The molecule has 0 saturated heterocycles. The molecule has 1 atom stereocenters. The highest BCUT2D eigenvalue weighted by atomic mass is 32.1. The van der Waals surface area contributed by atoms with Crippen LogP contribution in [0.2, 0.25) is 0 Å². The quantitative estimate of drug-likeness (QED) is 0.751. The van der Waals surface area contributed by atoms with Crippen molar-refractivity contribution < 1.29 is 9.90 Å². The van der Waals surface area contributed by atoms with Crippen molar-refractivity contribution in [2.24, 2.45) is 0 Å². The number of fused-ring (bicyclic) bond motifs is 2. The molecule has 25 heavy (non-hydrogen) atoms. The number of nitrogens with zero attached hydrogens (tertiary/aromatic N) is 3. The van der Waals surface area contributed by atoms with Crippen LogP contribution in [0.1, 0.15) is 27.6 Å². The Morgan fingerprint density at radius 2 is 2.12 bits per heavy atom. The smallest absolute Gasteiger partial charge is 0.251 e. The molecule has 2 N–H and O–H groups in total. The second kappa shape index (κ2) is 6.42. The monoisotopic (exact) mass is 354 g/mol. The molecule has 0 bridgehead atoms. The third-order valence-corrected chi connectivity index (χ3v) is 5.14. The van der Waals surface area contributed by atoms with Gasteiger partial charge in [0.15, 0.2) is 0 Å². The zero-order valence-electron chi connectivity index (χ0n) is 13.8. The zero-order valence-corrected chi connectivity index (χ0v) is 14.6. The van der Waals surface area contributed by atoms with Crippen LogP contribution >= 0.6 is 11.7 Å². The number of aromatic nitrogens is 2. The van der Waals surface area contributed by atoms with Gasteiger partial charge in [0, 0.05) is 31.4 Å². The standard InChI is InChI=1S/C18H18N4O2S/c1-22-7-6-11-8-12(3-5-16(11)22)17(23)10-19-18(24)13-2-4-14-15(9-13)21-25-20-14/h2-5,8-9,17,23H,6-7,10H2,1H3,(H,19,24). The Morgan fingerprint density at radius 1 is 1.28 bits per heavy atom. The van der Waals surface area contributed by atoms with Crippen molar-refractivity contribution in [3.63, 3.8) is 0 Å². The summed E-state index contributed by atoms with van der Waals surface area (Å²) < 4.78 is 8.26. The van der Waals surface area contributed by atoms with E-state index < -0.39 is 6.10 Å². The normalized spacial score (nSPS) is 14.6. The fourth-order valence-electron chi connectivity index (χ4n) is 3.13. The van der Waals surface area contributed by atoms with Crippen LogP contribution in [0.3, 0.4) is 0 Å². The van der Waals surface area contributed by atoms with E-state index in [9.17, 15) is 9.90 Å². The maximum atomic E-state index is 12.3. The lowest BCUT2D eigenvalue weighted by molar-refractivity contribution is 0.0916. The molecule has 0 radical (unpaired) electrons. The lowest BCUT2D eigenvalue weighted by Crippen LogP contribution is -2.28. The SMILES string of the molecule is CN1CCc2cc(C(O)CNC(=O)c3ccc4nsnc4c3)ccc21. The van der Waals surface area contributed by atoms with E-state index in [4.69, 9.17) is 0 Å². The molecule has 0 fully saturated rings. The number of likely N-dealkylation sites (N-methyl/N-ethyl adjacent to an activating group) is 1. The summed E-state index contributed by atoms with van der Waals surface area (Å²) in [5.74, 6) is -0.227. The molecule has 2 aromatic carbocycles. The van der Waals surface area contributed by atoms with Gasteiger partial charge in [-0.05, 0) is 41.8 Å². The average Bonchev–Trinajstić information content (AvgIpc) is 3.25. The van der Waals surface area contributed by atoms with E-state index in [1.807, 2.05) is 18.2 Å². The Kier molecular flexibility index (Phi) is 4.10. The second-order valence-corrected chi connectivity index (χ2v) is 6.78. The second-order valence-electron chi connectivity index (χ2n) is 6.25. The van der Waals surface area contributed by atoms with Crippen LogP contribution in [0, 0.1) is 0 Å². The molecule has 128 valence electrons. The van der Waals surface area contributed by atoms with Crippen molar-refractivity contribution in [1.82, 2.24) is 14.1 Å². The first-order valence-corrected chi connectivity index (χ1v) is 8.87. The number of amides is 1. The molecule has 1 unspecified atom stereocenters. The minimum Gasteiger partial charge on any atom is -0.387 e. The molecule has 0 aliphatic carbocycles. The van der Waals surface area contributed by atoms with E-state index in [1.54, 1.807) is 18.2 Å². The zero-order chi connectivity index (χ0) is 17.4. The van der Waals surface area contributed by atoms with Crippen LogP contribution in [-0.2, 0) is 6.42 Å². The topological polar surface area (TPSA) is 78.4 Å². The Hall–Kier alpha value is -2.51. The fraction of sp³-hybridized carbons (Fsp3) is 0.278. The molecule has 7 heteroatoms. The number of aliphatic hydroxyl groups excluding tert-OH is 1. The summed E-state index contributed by atoms with van der Waals surface area (Å²) in [6, 6.07) is 11.2. The maximum absolute atomic E-state index is 12.3. The van der Waals surface area contributed by atoms with Crippen molar-refractivity contribution in [2.75, 3.05) is 25.0 Å². The van der Waals surface area contributed by atoms with E-state index in [2.05, 4.69) is 26.0 Å². The van der Waals surface area contributed by atoms with Gasteiger partial charge < -0.3 is 15.3 Å². The van der Waals surface area contributed by atoms with Gasteiger partial charge in [-0.25, -0.2) is 0 Å². The van der Waals surface area contributed by atoms with E-state index >= 15 is 0 Å². The molecule has 1 aliphatic rings. The summed E-state index contributed by atoms with van der Waals surface area (Å²) >= 11 is 1.12. The van der Waals surface area contributed by atoms with Crippen molar-refractivity contribution >= 4 is 34.4 Å². The van der Waals surface area contributed by atoms with E-state index in [-0.39, 0.29) is 12.5 Å². The molecular formula is C18H18N4O2S. The Bertz CT molecular complexity index is 940. The molecule has 3 aromatic rings. The van der Waals surface area contributed by atoms with Gasteiger partial charge in [0.2, 0.25) is 0 Å². The van der Waals surface area contributed by atoms with Crippen molar-refractivity contribution in [2.45, 2.75) is 12.5 Å². The number of hydrogen-bond donors (Lipinski definition) is 2. The molecular weight excluding hydrogens is 336 g/mol. The van der Waals surface area contributed by atoms with Crippen molar-refractivity contribution in [3.05, 3.63) is 53.1 Å². The summed E-state index contributed by atoms with van der Waals surface area (Å²) in [4.78, 5) is 14.5. The van der Waals surface area contributed by atoms with Crippen LogP contribution in [0.5, 0.6) is 0 Å². The van der Waals surface area contributed by atoms with Crippen molar-refractivity contribution in [1.29, 1.82) is 0 Å². The highest BCUT2D eigenvalue weighted by Crippen LogP contribution is 2.29. The van der Waals surface area contributed by atoms with Gasteiger partial charge in [-0.2, -0.15) is 8.75 Å². The Labute approximate surface area is 149 Å². The van der Waals surface area contributed by atoms with Crippen LogP contribution in [0.15, 0.2) is 36.4 Å². The van der Waals surface area contributed by atoms with E-state index in [1.165, 1.54) is 11.3 Å². The van der Waals surface area contributed by atoms with Gasteiger partial charge >= 0.3 is 0 Å². The number of carbonyl (C=O) groups excluding carboxylic acids is 1. The lowest BCUT2D eigenvalue weighted by Gasteiger charge is -2.15. The molecule has 6 nitrogen and oxygen atoms in total. The van der Waals surface area contributed by atoms with Crippen LogP contribution < -0.4 is 10.2 Å². The van der Waals surface area contributed by atoms with E-state index in [0.29, 0.717) is 11.1 Å². The fourth-order valence-corrected chi connectivity index (χ4v) is 3.64. The molecule has 1 amide bonds. The molecule has 0 spiro atoms. The molecule has 2 heterocycles. The minimum atomic E-state index is -0.732. The summed E-state index contributed by atoms with van der Waals surface area (Å²) in [7, 11) is 2.07. The van der Waals surface area contributed by atoms with Crippen LogP contribution in [-0.4, -0.2) is 39.9 Å².